The Bertz CT molecular complexity index is 634. The van der Waals surface area contributed by atoms with E-state index < -0.39 is 0 Å². The summed E-state index contributed by atoms with van der Waals surface area (Å²) in [6, 6.07) is 8.04. The fourth-order valence-electron chi connectivity index (χ4n) is 2.91. The average molecular weight is 292 g/mol. The van der Waals surface area contributed by atoms with Gasteiger partial charge in [0.25, 0.3) is 0 Å². The van der Waals surface area contributed by atoms with Gasteiger partial charge < -0.3 is 9.32 Å². The number of furan rings is 1. The predicted molar refractivity (Wildman–Crippen MR) is 80.0 cm³/mol. The van der Waals surface area contributed by atoms with Crippen LogP contribution in [0.2, 0.25) is 0 Å². The molecule has 0 saturated heterocycles. The second-order valence-corrected chi connectivity index (χ2v) is 5.79. The molecule has 0 radical (unpaired) electrons. The van der Waals surface area contributed by atoms with Crippen molar-refractivity contribution in [3.63, 3.8) is 0 Å². The first kappa shape index (κ1) is 13.5. The van der Waals surface area contributed by atoms with Crippen LogP contribution in [0.1, 0.15) is 37.0 Å². The van der Waals surface area contributed by atoms with Crippen molar-refractivity contribution >= 4 is 28.5 Å². The third-order valence-electron chi connectivity index (χ3n) is 3.90. The number of halogens is 1. The van der Waals surface area contributed by atoms with Crippen molar-refractivity contribution in [3.8, 4) is 0 Å². The van der Waals surface area contributed by atoms with Crippen LogP contribution < -0.4 is 0 Å². The second-order valence-electron chi connectivity index (χ2n) is 5.41. The molecular formula is C16H18ClNO2. The zero-order valence-electron chi connectivity index (χ0n) is 11.6. The van der Waals surface area contributed by atoms with Crippen LogP contribution in [0.15, 0.2) is 28.7 Å². The van der Waals surface area contributed by atoms with Crippen molar-refractivity contribution < 1.29 is 9.21 Å². The van der Waals surface area contributed by atoms with Gasteiger partial charge in [-0.05, 0) is 12.5 Å². The lowest BCUT2D eigenvalue weighted by atomic mass is 9.96. The van der Waals surface area contributed by atoms with Crippen LogP contribution in [-0.2, 0) is 11.3 Å². The van der Waals surface area contributed by atoms with Gasteiger partial charge in [0.2, 0.25) is 5.91 Å². The molecule has 2 heterocycles. The van der Waals surface area contributed by atoms with Crippen LogP contribution >= 0.6 is 11.6 Å². The van der Waals surface area contributed by atoms with E-state index in [1.165, 1.54) is 5.56 Å². The molecule has 2 aromatic rings. The number of alkyl halides is 1. The number of amides is 1. The lowest BCUT2D eigenvalue weighted by Crippen LogP contribution is -2.37. The normalized spacial score (nSPS) is 18.3. The van der Waals surface area contributed by atoms with Gasteiger partial charge in [-0.2, -0.15) is 0 Å². The summed E-state index contributed by atoms with van der Waals surface area (Å²) in [5.74, 6) is 2.00. The third kappa shape index (κ3) is 2.31. The zero-order valence-corrected chi connectivity index (χ0v) is 12.3. The van der Waals surface area contributed by atoms with Gasteiger partial charge in [0, 0.05) is 42.3 Å². The minimum absolute atomic E-state index is 0.188. The van der Waals surface area contributed by atoms with Gasteiger partial charge in [-0.1, -0.05) is 25.1 Å². The van der Waals surface area contributed by atoms with E-state index in [0.717, 1.165) is 29.7 Å². The number of nitrogens with zero attached hydrogens (tertiary/aromatic N) is 1. The number of hydrogen-bond donors (Lipinski definition) is 0. The van der Waals surface area contributed by atoms with Crippen LogP contribution in [0.25, 0.3) is 11.0 Å². The van der Waals surface area contributed by atoms with E-state index >= 15 is 0 Å². The molecule has 20 heavy (non-hydrogen) atoms. The summed E-state index contributed by atoms with van der Waals surface area (Å²) in [7, 11) is 0. The molecule has 0 aliphatic carbocycles. The minimum atomic E-state index is 0.188. The van der Waals surface area contributed by atoms with Crippen molar-refractivity contribution in [1.82, 2.24) is 4.90 Å². The Morgan fingerprint density at radius 2 is 2.25 bits per heavy atom. The van der Waals surface area contributed by atoms with Crippen LogP contribution in [0, 0.1) is 0 Å². The molecule has 0 bridgehead atoms. The van der Waals surface area contributed by atoms with Crippen molar-refractivity contribution in [2.24, 2.45) is 0 Å². The highest BCUT2D eigenvalue weighted by Crippen LogP contribution is 2.36. The number of para-hydroxylation sites is 1. The highest BCUT2D eigenvalue weighted by atomic mass is 35.5. The second kappa shape index (κ2) is 5.49. The Balaban J connectivity index is 1.91. The molecule has 3 nitrogen and oxygen atoms in total. The molecule has 0 N–H and O–H groups in total. The SMILES string of the molecule is CC1CN(C(=O)CCCCl)Cc2c1oc1ccccc21. The molecule has 3 rings (SSSR count). The topological polar surface area (TPSA) is 33.5 Å². The van der Waals surface area contributed by atoms with Gasteiger partial charge >= 0.3 is 0 Å². The Labute approximate surface area is 123 Å². The number of hydrogen-bond acceptors (Lipinski definition) is 2. The van der Waals surface area contributed by atoms with Crippen molar-refractivity contribution in [2.75, 3.05) is 12.4 Å². The minimum Gasteiger partial charge on any atom is -0.460 e. The van der Waals surface area contributed by atoms with Crippen LogP contribution in [0.3, 0.4) is 0 Å². The molecule has 1 unspecified atom stereocenters. The molecule has 0 saturated carbocycles. The largest absolute Gasteiger partial charge is 0.460 e. The molecule has 1 aliphatic heterocycles. The lowest BCUT2D eigenvalue weighted by molar-refractivity contribution is -0.132. The van der Waals surface area contributed by atoms with E-state index in [0.29, 0.717) is 18.8 Å². The summed E-state index contributed by atoms with van der Waals surface area (Å²) >= 11 is 5.67. The number of carbonyl (C=O) groups is 1. The van der Waals surface area contributed by atoms with Gasteiger partial charge in [0.05, 0.1) is 0 Å². The van der Waals surface area contributed by atoms with Gasteiger partial charge in [-0.25, -0.2) is 0 Å². The standard InChI is InChI=1S/C16H18ClNO2/c1-11-9-18(15(19)7-4-8-17)10-13-12-5-2-3-6-14(12)20-16(11)13/h2-3,5-6,11H,4,7-10H2,1H3. The summed E-state index contributed by atoms with van der Waals surface area (Å²) in [6.45, 7) is 3.49. The first-order chi connectivity index (χ1) is 9.70. The monoisotopic (exact) mass is 291 g/mol. The fraction of sp³-hybridized carbons (Fsp3) is 0.438. The third-order valence-corrected chi connectivity index (χ3v) is 4.16. The number of rotatable bonds is 3. The van der Waals surface area contributed by atoms with E-state index in [1.54, 1.807) is 0 Å². The molecule has 4 heteroatoms. The Morgan fingerprint density at radius 1 is 1.45 bits per heavy atom. The van der Waals surface area contributed by atoms with E-state index in [4.69, 9.17) is 16.0 Å². The summed E-state index contributed by atoms with van der Waals surface area (Å²) < 4.78 is 5.95. The number of fused-ring (bicyclic) bond motifs is 3. The summed E-state index contributed by atoms with van der Waals surface area (Å²) in [6.07, 6.45) is 1.27. The maximum Gasteiger partial charge on any atom is 0.222 e. The molecule has 0 fully saturated rings. The van der Waals surface area contributed by atoms with Crippen molar-refractivity contribution in [1.29, 1.82) is 0 Å². The summed E-state index contributed by atoms with van der Waals surface area (Å²) in [5.41, 5.74) is 2.08. The smallest absolute Gasteiger partial charge is 0.222 e. The van der Waals surface area contributed by atoms with E-state index in [2.05, 4.69) is 13.0 Å². The van der Waals surface area contributed by atoms with Gasteiger partial charge in [0.15, 0.2) is 0 Å². The van der Waals surface area contributed by atoms with Crippen LogP contribution in [-0.4, -0.2) is 23.2 Å². The Hall–Kier alpha value is -1.48. The highest BCUT2D eigenvalue weighted by molar-refractivity contribution is 6.17. The summed E-state index contributed by atoms with van der Waals surface area (Å²) in [4.78, 5) is 14.1. The molecule has 1 aliphatic rings. The van der Waals surface area contributed by atoms with E-state index in [-0.39, 0.29) is 11.8 Å². The Kier molecular flexibility index (Phi) is 3.70. The highest BCUT2D eigenvalue weighted by Gasteiger charge is 2.29. The molecule has 1 amide bonds. The predicted octanol–water partition coefficient (Wildman–Crippen LogP) is 3.90. The number of benzene rings is 1. The average Bonchev–Trinajstić information content (AvgIpc) is 2.84. The van der Waals surface area contributed by atoms with Crippen molar-refractivity contribution in [2.45, 2.75) is 32.2 Å². The lowest BCUT2D eigenvalue weighted by Gasteiger charge is -2.30. The molecular weight excluding hydrogens is 274 g/mol. The Morgan fingerprint density at radius 3 is 3.05 bits per heavy atom. The maximum absolute atomic E-state index is 12.2. The zero-order chi connectivity index (χ0) is 14.1. The van der Waals surface area contributed by atoms with Crippen LogP contribution in [0.5, 0.6) is 0 Å². The van der Waals surface area contributed by atoms with Gasteiger partial charge in [0.1, 0.15) is 11.3 Å². The maximum atomic E-state index is 12.2. The van der Waals surface area contributed by atoms with Gasteiger partial charge in [-0.3, -0.25) is 4.79 Å². The molecule has 106 valence electrons. The molecule has 0 spiro atoms. The number of carbonyl (C=O) groups excluding carboxylic acids is 1. The van der Waals surface area contributed by atoms with Crippen LogP contribution in [0.4, 0.5) is 0 Å². The van der Waals surface area contributed by atoms with E-state index in [9.17, 15) is 4.79 Å². The quantitative estimate of drug-likeness (QED) is 0.804. The van der Waals surface area contributed by atoms with Crippen molar-refractivity contribution in [3.05, 3.63) is 35.6 Å². The molecule has 1 aromatic carbocycles. The van der Waals surface area contributed by atoms with E-state index in [1.807, 2.05) is 23.1 Å². The first-order valence-electron chi connectivity index (χ1n) is 7.04. The first-order valence-corrected chi connectivity index (χ1v) is 7.58. The summed E-state index contributed by atoms with van der Waals surface area (Å²) in [5, 5.41) is 1.13. The molecule has 1 atom stereocenters. The fourth-order valence-corrected chi connectivity index (χ4v) is 3.05. The molecule has 1 aromatic heterocycles. The van der Waals surface area contributed by atoms with Gasteiger partial charge in [-0.15, -0.1) is 11.6 Å².